The van der Waals surface area contributed by atoms with Crippen LogP contribution in [0.5, 0.6) is 0 Å². The first-order valence-corrected chi connectivity index (χ1v) is 6.64. The summed E-state index contributed by atoms with van der Waals surface area (Å²) in [6.07, 6.45) is 0. The molecule has 1 aromatic rings. The second-order valence-corrected chi connectivity index (χ2v) is 5.80. The lowest BCUT2D eigenvalue weighted by Crippen LogP contribution is -2.19. The fourth-order valence-electron chi connectivity index (χ4n) is 2.27. The Hall–Kier alpha value is -0.540. The van der Waals surface area contributed by atoms with E-state index in [1.54, 1.807) is 0 Å². The van der Waals surface area contributed by atoms with Crippen molar-refractivity contribution in [1.29, 1.82) is 0 Å². The predicted octanol–water partition coefficient (Wildman–Crippen LogP) is 3.00. The summed E-state index contributed by atoms with van der Waals surface area (Å²) < 4.78 is 1.12. The molecule has 0 bridgehead atoms. The molecule has 0 aliphatic carbocycles. The van der Waals surface area contributed by atoms with Crippen molar-refractivity contribution in [3.8, 4) is 0 Å². The van der Waals surface area contributed by atoms with E-state index in [2.05, 4.69) is 52.9 Å². The van der Waals surface area contributed by atoms with Crippen LogP contribution in [0.2, 0.25) is 0 Å². The number of benzene rings is 1. The largest absolute Gasteiger partial charge is 0.371 e. The molecule has 88 valence electrons. The molecule has 0 saturated carbocycles. The lowest BCUT2D eigenvalue weighted by Gasteiger charge is -2.19. The second-order valence-electron chi connectivity index (χ2n) is 4.88. The zero-order chi connectivity index (χ0) is 11.7. The van der Waals surface area contributed by atoms with E-state index in [4.69, 9.17) is 5.73 Å². The highest BCUT2D eigenvalue weighted by Gasteiger charge is 2.26. The molecule has 2 atom stereocenters. The zero-order valence-corrected chi connectivity index (χ0v) is 11.5. The van der Waals surface area contributed by atoms with Gasteiger partial charge in [-0.2, -0.15) is 0 Å². The van der Waals surface area contributed by atoms with Crippen LogP contribution in [-0.4, -0.2) is 13.1 Å². The second kappa shape index (κ2) is 4.76. The van der Waals surface area contributed by atoms with Crippen LogP contribution in [0, 0.1) is 11.8 Å². The lowest BCUT2D eigenvalue weighted by atomic mass is 10.0. The number of nitrogens with two attached hydrogens (primary N) is 1. The van der Waals surface area contributed by atoms with Gasteiger partial charge in [-0.25, -0.2) is 0 Å². The Morgan fingerprint density at radius 2 is 1.88 bits per heavy atom. The van der Waals surface area contributed by atoms with Crippen LogP contribution in [0.15, 0.2) is 22.7 Å². The predicted molar refractivity (Wildman–Crippen MR) is 72.6 cm³/mol. The molecule has 1 aromatic carbocycles. The molecule has 1 fully saturated rings. The molecule has 1 heterocycles. The number of nitrogens with zero attached hydrogens (tertiary/aromatic N) is 1. The van der Waals surface area contributed by atoms with E-state index in [-0.39, 0.29) is 0 Å². The van der Waals surface area contributed by atoms with Crippen molar-refractivity contribution in [3.05, 3.63) is 28.2 Å². The summed E-state index contributed by atoms with van der Waals surface area (Å²) in [5, 5.41) is 0. The van der Waals surface area contributed by atoms with Gasteiger partial charge in [0, 0.05) is 29.8 Å². The molecule has 2 N–H and O–H groups in total. The average Bonchev–Trinajstić information content (AvgIpc) is 2.58. The van der Waals surface area contributed by atoms with Crippen molar-refractivity contribution in [2.24, 2.45) is 17.6 Å². The van der Waals surface area contributed by atoms with Crippen LogP contribution in [0.1, 0.15) is 19.4 Å². The number of hydrogen-bond donors (Lipinski definition) is 1. The van der Waals surface area contributed by atoms with E-state index in [9.17, 15) is 0 Å². The molecule has 0 amide bonds. The molecule has 3 heteroatoms. The highest BCUT2D eigenvalue weighted by atomic mass is 79.9. The van der Waals surface area contributed by atoms with Crippen molar-refractivity contribution < 1.29 is 0 Å². The van der Waals surface area contributed by atoms with Crippen LogP contribution in [0.25, 0.3) is 0 Å². The van der Waals surface area contributed by atoms with E-state index >= 15 is 0 Å². The minimum atomic E-state index is 0.603. The number of anilines is 1. The summed E-state index contributed by atoms with van der Waals surface area (Å²) in [6.45, 7) is 7.56. The van der Waals surface area contributed by atoms with Gasteiger partial charge in [-0.05, 0) is 35.6 Å². The number of rotatable bonds is 2. The smallest absolute Gasteiger partial charge is 0.0380 e. The quantitative estimate of drug-likeness (QED) is 0.904. The van der Waals surface area contributed by atoms with E-state index in [0.29, 0.717) is 6.54 Å². The zero-order valence-electron chi connectivity index (χ0n) is 9.91. The van der Waals surface area contributed by atoms with Crippen molar-refractivity contribution in [2.75, 3.05) is 18.0 Å². The van der Waals surface area contributed by atoms with Gasteiger partial charge in [0.1, 0.15) is 0 Å². The molecule has 2 unspecified atom stereocenters. The van der Waals surface area contributed by atoms with E-state index in [1.807, 2.05) is 0 Å². The maximum Gasteiger partial charge on any atom is 0.0380 e. The van der Waals surface area contributed by atoms with Crippen LogP contribution in [0.4, 0.5) is 5.69 Å². The highest BCUT2D eigenvalue weighted by Crippen LogP contribution is 2.30. The van der Waals surface area contributed by atoms with Gasteiger partial charge >= 0.3 is 0 Å². The minimum absolute atomic E-state index is 0.603. The average molecular weight is 283 g/mol. The SMILES string of the molecule is CC1CN(c2cc(Br)cc(CN)c2)CC1C. The van der Waals surface area contributed by atoms with Crippen molar-refractivity contribution in [1.82, 2.24) is 0 Å². The fourth-order valence-corrected chi connectivity index (χ4v) is 2.80. The van der Waals surface area contributed by atoms with Gasteiger partial charge in [-0.15, -0.1) is 0 Å². The van der Waals surface area contributed by atoms with Gasteiger partial charge in [0.2, 0.25) is 0 Å². The standard InChI is InChI=1S/C13H19BrN2/c1-9-7-16(8-10(9)2)13-4-11(6-15)3-12(14)5-13/h3-5,9-10H,6-8,15H2,1-2H3. The molecule has 2 rings (SSSR count). The molecule has 1 aliphatic rings. The van der Waals surface area contributed by atoms with Crippen LogP contribution < -0.4 is 10.6 Å². The van der Waals surface area contributed by atoms with E-state index in [0.717, 1.165) is 29.4 Å². The van der Waals surface area contributed by atoms with E-state index in [1.165, 1.54) is 11.3 Å². The Bertz CT molecular complexity index is 368. The molecule has 0 radical (unpaired) electrons. The van der Waals surface area contributed by atoms with Gasteiger partial charge in [0.25, 0.3) is 0 Å². The van der Waals surface area contributed by atoms with Crippen molar-refractivity contribution in [2.45, 2.75) is 20.4 Å². The third kappa shape index (κ3) is 2.41. The number of hydrogen-bond acceptors (Lipinski definition) is 2. The first-order chi connectivity index (χ1) is 7.60. The fraction of sp³-hybridized carbons (Fsp3) is 0.538. The third-order valence-corrected chi connectivity index (χ3v) is 3.99. The van der Waals surface area contributed by atoms with E-state index < -0.39 is 0 Å². The Labute approximate surface area is 106 Å². The van der Waals surface area contributed by atoms with Crippen molar-refractivity contribution >= 4 is 21.6 Å². The van der Waals surface area contributed by atoms with Crippen molar-refractivity contribution in [3.63, 3.8) is 0 Å². The van der Waals surface area contributed by atoms with Gasteiger partial charge in [-0.1, -0.05) is 29.8 Å². The Balaban J connectivity index is 2.24. The molecular weight excluding hydrogens is 264 g/mol. The maximum atomic E-state index is 5.70. The Morgan fingerprint density at radius 1 is 1.25 bits per heavy atom. The molecule has 0 spiro atoms. The van der Waals surface area contributed by atoms with Gasteiger partial charge in [0.05, 0.1) is 0 Å². The molecule has 16 heavy (non-hydrogen) atoms. The van der Waals surface area contributed by atoms with Gasteiger partial charge in [0.15, 0.2) is 0 Å². The molecular formula is C13H19BrN2. The third-order valence-electron chi connectivity index (χ3n) is 3.53. The topological polar surface area (TPSA) is 29.3 Å². The molecule has 2 nitrogen and oxygen atoms in total. The maximum absolute atomic E-state index is 5.70. The summed E-state index contributed by atoms with van der Waals surface area (Å²) >= 11 is 3.55. The normalized spacial score (nSPS) is 25.1. The van der Waals surface area contributed by atoms with Crippen LogP contribution >= 0.6 is 15.9 Å². The Morgan fingerprint density at radius 3 is 2.44 bits per heavy atom. The Kier molecular flexibility index (Phi) is 3.55. The monoisotopic (exact) mass is 282 g/mol. The lowest BCUT2D eigenvalue weighted by molar-refractivity contribution is 0.494. The minimum Gasteiger partial charge on any atom is -0.371 e. The van der Waals surface area contributed by atoms with Crippen LogP contribution in [-0.2, 0) is 6.54 Å². The summed E-state index contributed by atoms with van der Waals surface area (Å²) in [4.78, 5) is 2.46. The van der Waals surface area contributed by atoms with Gasteiger partial charge in [-0.3, -0.25) is 0 Å². The summed E-state index contributed by atoms with van der Waals surface area (Å²) in [5.41, 5.74) is 8.19. The molecule has 1 aliphatic heterocycles. The van der Waals surface area contributed by atoms with Crippen LogP contribution in [0.3, 0.4) is 0 Å². The molecule has 0 aromatic heterocycles. The summed E-state index contributed by atoms with van der Waals surface area (Å²) in [6, 6.07) is 6.48. The first-order valence-electron chi connectivity index (χ1n) is 5.84. The number of halogens is 1. The first kappa shape index (κ1) is 11.9. The highest BCUT2D eigenvalue weighted by molar-refractivity contribution is 9.10. The van der Waals surface area contributed by atoms with Gasteiger partial charge < -0.3 is 10.6 Å². The summed E-state index contributed by atoms with van der Waals surface area (Å²) in [7, 11) is 0. The molecule has 1 saturated heterocycles. The summed E-state index contributed by atoms with van der Waals surface area (Å²) in [5.74, 6) is 1.56.